The molecule has 3 atom stereocenters. The van der Waals surface area contributed by atoms with Gasteiger partial charge in [0, 0.05) is 12.6 Å². The first-order valence-corrected chi connectivity index (χ1v) is 5.30. The van der Waals surface area contributed by atoms with E-state index in [0.29, 0.717) is 0 Å². The van der Waals surface area contributed by atoms with Gasteiger partial charge in [0.15, 0.2) is 0 Å². The fourth-order valence-electron chi connectivity index (χ4n) is 1.82. The van der Waals surface area contributed by atoms with Crippen molar-refractivity contribution < 1.29 is 14.9 Å². The minimum atomic E-state index is -0.866. The molecule has 8 heteroatoms. The van der Waals surface area contributed by atoms with E-state index >= 15 is 0 Å². The molecule has 2 heterocycles. The number of aliphatic hydroxyl groups excluding tert-OH is 2. The van der Waals surface area contributed by atoms with Crippen molar-refractivity contribution >= 4 is 5.82 Å². The predicted molar refractivity (Wildman–Crippen MR) is 59.2 cm³/mol. The Bertz CT molecular complexity index is 550. The van der Waals surface area contributed by atoms with Crippen molar-refractivity contribution in [2.45, 2.75) is 24.9 Å². The van der Waals surface area contributed by atoms with Crippen LogP contribution >= 0.6 is 0 Å². The first-order valence-electron chi connectivity index (χ1n) is 5.30. The van der Waals surface area contributed by atoms with Gasteiger partial charge in [0.2, 0.25) is 0 Å². The van der Waals surface area contributed by atoms with Gasteiger partial charge in [-0.05, 0) is 0 Å². The first-order chi connectivity index (χ1) is 8.56. The Morgan fingerprint density at radius 1 is 1.72 bits per heavy atom. The Kier molecular flexibility index (Phi) is 3.29. The average Bonchev–Trinajstić information content (AvgIpc) is 2.70. The van der Waals surface area contributed by atoms with Crippen molar-refractivity contribution in [2.24, 2.45) is 0 Å². The van der Waals surface area contributed by atoms with Crippen LogP contribution in [0.5, 0.6) is 0 Å². The molecule has 96 valence electrons. The molecule has 18 heavy (non-hydrogen) atoms. The third kappa shape index (κ3) is 2.06. The Hall–Kier alpha value is -1.95. The lowest BCUT2D eigenvalue weighted by Gasteiger charge is -2.14. The summed E-state index contributed by atoms with van der Waals surface area (Å²) in [7, 11) is 0. The van der Waals surface area contributed by atoms with Gasteiger partial charge in [-0.1, -0.05) is 0 Å². The maximum atomic E-state index is 11.6. The summed E-state index contributed by atoms with van der Waals surface area (Å²) in [6.07, 6.45) is -0.992. The van der Waals surface area contributed by atoms with E-state index in [1.165, 1.54) is 6.20 Å². The summed E-state index contributed by atoms with van der Waals surface area (Å²) >= 11 is 0. The van der Waals surface area contributed by atoms with Gasteiger partial charge in [-0.2, -0.15) is 10.2 Å². The van der Waals surface area contributed by atoms with Crippen LogP contribution in [0.4, 0.5) is 5.82 Å². The number of hydrogen-bond donors (Lipinski definition) is 3. The van der Waals surface area contributed by atoms with E-state index in [4.69, 9.17) is 20.8 Å². The van der Waals surface area contributed by atoms with Gasteiger partial charge in [0.1, 0.15) is 29.8 Å². The highest BCUT2D eigenvalue weighted by Crippen LogP contribution is 2.27. The van der Waals surface area contributed by atoms with E-state index in [2.05, 4.69) is 4.98 Å². The van der Waals surface area contributed by atoms with Crippen molar-refractivity contribution in [2.75, 3.05) is 12.3 Å². The minimum Gasteiger partial charge on any atom is -0.394 e. The fourth-order valence-corrected chi connectivity index (χ4v) is 1.82. The van der Waals surface area contributed by atoms with E-state index in [9.17, 15) is 9.90 Å². The molecule has 1 saturated heterocycles. The molecule has 0 bridgehead atoms. The summed E-state index contributed by atoms with van der Waals surface area (Å²) in [6, 6.07) is 1.81. The van der Waals surface area contributed by atoms with Crippen LogP contribution in [0.1, 0.15) is 18.2 Å². The number of rotatable bonds is 2. The Labute approximate surface area is 102 Å². The summed E-state index contributed by atoms with van der Waals surface area (Å²) in [6.45, 7) is -0.347. The monoisotopic (exact) mass is 252 g/mol. The first kappa shape index (κ1) is 12.5. The zero-order valence-corrected chi connectivity index (χ0v) is 9.35. The maximum Gasteiger partial charge on any atom is 0.351 e. The molecule has 1 aliphatic rings. The molecule has 0 unspecified atom stereocenters. The molecular weight excluding hydrogens is 240 g/mol. The summed E-state index contributed by atoms with van der Waals surface area (Å²) in [5.41, 5.74) is 4.79. The molecule has 0 amide bonds. The van der Waals surface area contributed by atoms with E-state index in [1.807, 2.05) is 6.07 Å². The van der Waals surface area contributed by atoms with Crippen molar-refractivity contribution in [1.82, 2.24) is 9.55 Å². The van der Waals surface area contributed by atoms with Crippen LogP contribution in [0.2, 0.25) is 0 Å². The molecule has 0 aromatic carbocycles. The number of nitriles is 1. The lowest BCUT2D eigenvalue weighted by Crippen LogP contribution is -2.28. The van der Waals surface area contributed by atoms with Gasteiger partial charge in [-0.3, -0.25) is 4.57 Å². The fraction of sp³-hybridized carbons (Fsp3) is 0.500. The second kappa shape index (κ2) is 4.73. The second-order valence-electron chi connectivity index (χ2n) is 3.96. The molecule has 0 radical (unpaired) electrons. The normalized spacial score (nSPS) is 27.1. The van der Waals surface area contributed by atoms with Gasteiger partial charge in [0.05, 0.1) is 12.7 Å². The van der Waals surface area contributed by atoms with Gasteiger partial charge >= 0.3 is 5.69 Å². The van der Waals surface area contributed by atoms with Crippen LogP contribution in [0.15, 0.2) is 11.0 Å². The largest absolute Gasteiger partial charge is 0.394 e. The number of aliphatic hydroxyl groups is 2. The van der Waals surface area contributed by atoms with Crippen LogP contribution in [0.3, 0.4) is 0 Å². The highest BCUT2D eigenvalue weighted by molar-refractivity contribution is 5.45. The summed E-state index contributed by atoms with van der Waals surface area (Å²) in [5.74, 6) is -0.143. The molecule has 4 N–H and O–H groups in total. The SMILES string of the molecule is N#Cc1cn([C@H]2C[C@@H](O)[C@H](CO)O2)c(=O)nc1N. The van der Waals surface area contributed by atoms with Crippen LogP contribution in [0.25, 0.3) is 0 Å². The third-order valence-electron chi connectivity index (χ3n) is 2.80. The summed E-state index contributed by atoms with van der Waals surface area (Å²) in [4.78, 5) is 15.1. The minimum absolute atomic E-state index is 0.0557. The van der Waals surface area contributed by atoms with E-state index < -0.39 is 24.1 Å². The standard InChI is InChI=1S/C10H12N4O4/c11-2-5-3-14(10(17)13-9(5)12)8-1-6(16)7(4-15)18-8/h3,6-8,15-16H,1,4H2,(H2,12,13,17)/t6-,7+,8-/m1/s1. The molecule has 1 aliphatic heterocycles. The maximum absolute atomic E-state index is 11.6. The average molecular weight is 252 g/mol. The lowest BCUT2D eigenvalue weighted by molar-refractivity contribution is -0.0458. The number of nitrogens with two attached hydrogens (primary N) is 1. The molecule has 1 fully saturated rings. The van der Waals surface area contributed by atoms with Crippen molar-refractivity contribution in [3.63, 3.8) is 0 Å². The quantitative estimate of drug-likeness (QED) is 0.573. The zero-order valence-electron chi connectivity index (χ0n) is 9.35. The Morgan fingerprint density at radius 2 is 2.44 bits per heavy atom. The van der Waals surface area contributed by atoms with Gasteiger partial charge < -0.3 is 20.7 Å². The van der Waals surface area contributed by atoms with Crippen molar-refractivity contribution in [3.05, 3.63) is 22.2 Å². The molecular formula is C10H12N4O4. The van der Waals surface area contributed by atoms with E-state index in [0.717, 1.165) is 4.57 Å². The predicted octanol–water partition coefficient (Wildman–Crippen LogP) is -1.66. The lowest BCUT2D eigenvalue weighted by atomic mass is 10.2. The number of ether oxygens (including phenoxy) is 1. The van der Waals surface area contributed by atoms with Crippen LogP contribution < -0.4 is 11.4 Å². The van der Waals surface area contributed by atoms with E-state index in [1.54, 1.807) is 0 Å². The van der Waals surface area contributed by atoms with Gasteiger partial charge in [-0.15, -0.1) is 0 Å². The smallest absolute Gasteiger partial charge is 0.351 e. The highest BCUT2D eigenvalue weighted by Gasteiger charge is 2.35. The molecule has 1 aromatic heterocycles. The number of nitrogen functional groups attached to an aromatic ring is 1. The zero-order chi connectivity index (χ0) is 13.3. The van der Waals surface area contributed by atoms with Gasteiger partial charge in [0.25, 0.3) is 0 Å². The van der Waals surface area contributed by atoms with Crippen LogP contribution in [-0.2, 0) is 4.74 Å². The Balaban J connectivity index is 2.36. The topological polar surface area (TPSA) is 134 Å². The van der Waals surface area contributed by atoms with Crippen LogP contribution in [-0.4, -0.2) is 38.6 Å². The second-order valence-corrected chi connectivity index (χ2v) is 3.96. The third-order valence-corrected chi connectivity index (χ3v) is 2.80. The molecule has 0 saturated carbocycles. The van der Waals surface area contributed by atoms with Crippen LogP contribution in [0, 0.1) is 11.3 Å². The highest BCUT2D eigenvalue weighted by atomic mass is 16.5. The molecule has 8 nitrogen and oxygen atoms in total. The number of anilines is 1. The summed E-state index contributed by atoms with van der Waals surface area (Å²) in [5, 5.41) is 27.3. The van der Waals surface area contributed by atoms with E-state index in [-0.39, 0.29) is 24.4 Å². The van der Waals surface area contributed by atoms with Crippen molar-refractivity contribution in [3.8, 4) is 6.07 Å². The summed E-state index contributed by atoms with van der Waals surface area (Å²) < 4.78 is 6.39. The number of aromatic nitrogens is 2. The molecule has 1 aromatic rings. The molecule has 0 aliphatic carbocycles. The van der Waals surface area contributed by atoms with Crippen molar-refractivity contribution in [1.29, 1.82) is 5.26 Å². The number of hydrogen-bond acceptors (Lipinski definition) is 7. The Morgan fingerprint density at radius 3 is 3.00 bits per heavy atom. The number of nitrogens with zero attached hydrogens (tertiary/aromatic N) is 3. The molecule has 2 rings (SSSR count). The molecule has 0 spiro atoms. The van der Waals surface area contributed by atoms with Gasteiger partial charge in [-0.25, -0.2) is 4.79 Å².